The second-order valence-electron chi connectivity index (χ2n) is 3.62. The SMILES string of the molecule is C#C[C@@H](CC(CO)OC)n1ccc(=O)[nH]c1=O.OCO. The predicted molar refractivity (Wildman–Crippen MR) is 71.0 cm³/mol. The number of nitrogens with one attached hydrogen (secondary N) is 1. The van der Waals surface area contributed by atoms with E-state index in [0.29, 0.717) is 0 Å². The van der Waals surface area contributed by atoms with E-state index in [-0.39, 0.29) is 13.0 Å². The molecule has 0 radical (unpaired) electrons. The first-order valence-electron chi connectivity index (χ1n) is 5.66. The molecule has 4 N–H and O–H groups in total. The van der Waals surface area contributed by atoms with Gasteiger partial charge in [-0.1, -0.05) is 5.92 Å². The molecule has 0 amide bonds. The third-order valence-corrected chi connectivity index (χ3v) is 2.40. The molecule has 1 aromatic heterocycles. The van der Waals surface area contributed by atoms with Crippen molar-refractivity contribution in [2.24, 2.45) is 0 Å². The molecule has 8 nitrogen and oxygen atoms in total. The van der Waals surface area contributed by atoms with Crippen molar-refractivity contribution in [1.29, 1.82) is 0 Å². The number of H-pyrrole nitrogens is 1. The summed E-state index contributed by atoms with van der Waals surface area (Å²) in [5.41, 5.74) is -1.05. The van der Waals surface area contributed by atoms with Crippen molar-refractivity contribution < 1.29 is 20.1 Å². The quantitative estimate of drug-likeness (QED) is 0.368. The first-order valence-corrected chi connectivity index (χ1v) is 5.66. The van der Waals surface area contributed by atoms with Crippen molar-refractivity contribution in [3.63, 3.8) is 0 Å². The highest BCUT2D eigenvalue weighted by Crippen LogP contribution is 2.11. The molecule has 1 rings (SSSR count). The maximum absolute atomic E-state index is 11.5. The third kappa shape index (κ3) is 5.81. The van der Waals surface area contributed by atoms with Gasteiger partial charge < -0.3 is 20.1 Å². The van der Waals surface area contributed by atoms with Crippen LogP contribution in [-0.4, -0.2) is 51.5 Å². The highest BCUT2D eigenvalue weighted by molar-refractivity contribution is 5.01. The Hall–Kier alpha value is -1.92. The van der Waals surface area contributed by atoms with Crippen molar-refractivity contribution >= 4 is 0 Å². The number of hydrogen-bond acceptors (Lipinski definition) is 6. The van der Waals surface area contributed by atoms with Crippen molar-refractivity contribution in [1.82, 2.24) is 9.55 Å². The minimum Gasteiger partial charge on any atom is -0.394 e. The van der Waals surface area contributed by atoms with Gasteiger partial charge in [-0.05, 0) is 0 Å². The number of aliphatic hydroxyl groups excluding tert-OH is 2. The zero-order valence-electron chi connectivity index (χ0n) is 11.0. The molecule has 0 spiro atoms. The van der Waals surface area contributed by atoms with Crippen LogP contribution in [0, 0.1) is 12.3 Å². The monoisotopic (exact) mass is 286 g/mol. The number of aromatic amines is 1. The fourth-order valence-corrected chi connectivity index (χ4v) is 1.43. The van der Waals surface area contributed by atoms with Gasteiger partial charge in [0.15, 0.2) is 0 Å². The summed E-state index contributed by atoms with van der Waals surface area (Å²) in [7, 11) is 1.45. The average molecular weight is 286 g/mol. The lowest BCUT2D eigenvalue weighted by Crippen LogP contribution is -2.33. The van der Waals surface area contributed by atoms with E-state index >= 15 is 0 Å². The summed E-state index contributed by atoms with van der Waals surface area (Å²) in [6, 6.07) is 0.642. The molecule has 20 heavy (non-hydrogen) atoms. The molecule has 0 saturated heterocycles. The lowest BCUT2D eigenvalue weighted by molar-refractivity contribution is 0.0371. The summed E-state index contributed by atoms with van der Waals surface area (Å²) in [4.78, 5) is 24.5. The number of methoxy groups -OCH3 is 1. The minimum atomic E-state index is -0.750. The molecule has 0 aliphatic heterocycles. The second-order valence-corrected chi connectivity index (χ2v) is 3.62. The van der Waals surface area contributed by atoms with Crippen LogP contribution in [0.15, 0.2) is 21.9 Å². The first-order chi connectivity index (χ1) is 9.53. The molecule has 2 atom stereocenters. The van der Waals surface area contributed by atoms with Crippen LogP contribution >= 0.6 is 0 Å². The van der Waals surface area contributed by atoms with Gasteiger partial charge in [0.2, 0.25) is 0 Å². The first kappa shape index (κ1) is 18.1. The predicted octanol–water partition coefficient (Wildman–Crippen LogP) is -1.96. The van der Waals surface area contributed by atoms with Crippen molar-refractivity contribution in [3.05, 3.63) is 33.1 Å². The van der Waals surface area contributed by atoms with Crippen LogP contribution in [0.1, 0.15) is 12.5 Å². The molecular weight excluding hydrogens is 268 g/mol. The summed E-state index contributed by atoms with van der Waals surface area (Å²) in [6.45, 7) is -0.938. The van der Waals surface area contributed by atoms with E-state index in [0.717, 1.165) is 0 Å². The summed E-state index contributed by atoms with van der Waals surface area (Å²) >= 11 is 0. The van der Waals surface area contributed by atoms with Crippen LogP contribution in [-0.2, 0) is 4.74 Å². The molecular formula is C12H18N2O6. The van der Waals surface area contributed by atoms with Gasteiger partial charge in [0.1, 0.15) is 12.8 Å². The zero-order chi connectivity index (χ0) is 15.5. The smallest absolute Gasteiger partial charge is 0.329 e. The number of aliphatic hydroxyl groups is 3. The molecule has 0 fully saturated rings. The Morgan fingerprint density at radius 2 is 2.05 bits per heavy atom. The van der Waals surface area contributed by atoms with Crippen molar-refractivity contribution in [2.45, 2.75) is 18.6 Å². The minimum absolute atomic E-state index is 0.188. The fraction of sp³-hybridized carbons (Fsp3) is 0.500. The number of hydrogen-bond donors (Lipinski definition) is 4. The highest BCUT2D eigenvalue weighted by Gasteiger charge is 2.16. The number of ether oxygens (including phenoxy) is 1. The summed E-state index contributed by atoms with van der Waals surface area (Å²) < 4.78 is 6.21. The summed E-state index contributed by atoms with van der Waals surface area (Å²) in [5.74, 6) is 2.43. The van der Waals surface area contributed by atoms with Crippen molar-refractivity contribution in [2.75, 3.05) is 20.5 Å². The van der Waals surface area contributed by atoms with E-state index in [2.05, 4.69) is 10.9 Å². The second kappa shape index (κ2) is 9.94. The van der Waals surface area contributed by atoms with E-state index in [4.69, 9.17) is 26.5 Å². The molecule has 0 saturated carbocycles. The van der Waals surface area contributed by atoms with E-state index in [9.17, 15) is 9.59 Å². The number of nitrogens with zero attached hydrogens (tertiary/aromatic N) is 1. The van der Waals surface area contributed by atoms with E-state index in [1.54, 1.807) is 0 Å². The van der Waals surface area contributed by atoms with Gasteiger partial charge in [-0.25, -0.2) is 4.79 Å². The fourth-order valence-electron chi connectivity index (χ4n) is 1.43. The summed E-state index contributed by atoms with van der Waals surface area (Å²) in [6.07, 6.45) is 6.50. The Bertz CT molecular complexity index is 526. The van der Waals surface area contributed by atoms with Gasteiger partial charge >= 0.3 is 5.69 Å². The molecule has 0 aliphatic rings. The van der Waals surface area contributed by atoms with E-state index < -0.39 is 30.2 Å². The number of terminal acetylenes is 1. The molecule has 1 aromatic rings. The lowest BCUT2D eigenvalue weighted by atomic mass is 10.1. The zero-order valence-corrected chi connectivity index (χ0v) is 11.0. The molecule has 1 heterocycles. The standard InChI is InChI=1S/C11H14N2O4.CH4O2/c1-3-8(6-9(7-14)17-2)13-5-4-10(15)12-11(13)16;2-1-3/h1,4-5,8-9,14H,6-7H2,2H3,(H,12,15,16);2-3H,1H2/t8-,9?;/m0./s1. The maximum Gasteiger partial charge on any atom is 0.329 e. The van der Waals surface area contributed by atoms with Crippen LogP contribution in [0.2, 0.25) is 0 Å². The van der Waals surface area contributed by atoms with Gasteiger partial charge in [-0.3, -0.25) is 14.3 Å². The molecule has 1 unspecified atom stereocenters. The highest BCUT2D eigenvalue weighted by atomic mass is 16.5. The van der Waals surface area contributed by atoms with Gasteiger partial charge in [0.05, 0.1) is 12.7 Å². The Labute approximate surface area is 115 Å². The molecule has 8 heteroatoms. The third-order valence-electron chi connectivity index (χ3n) is 2.40. The topological polar surface area (TPSA) is 125 Å². The van der Waals surface area contributed by atoms with Crippen LogP contribution in [0.25, 0.3) is 0 Å². The van der Waals surface area contributed by atoms with E-state index in [1.165, 1.54) is 23.9 Å². The largest absolute Gasteiger partial charge is 0.394 e. The molecule has 0 aromatic carbocycles. The average Bonchev–Trinajstić information content (AvgIpc) is 2.42. The van der Waals surface area contributed by atoms with Gasteiger partial charge in [-0.2, -0.15) is 0 Å². The van der Waals surface area contributed by atoms with Crippen LogP contribution in [0.3, 0.4) is 0 Å². The molecule has 112 valence electrons. The maximum atomic E-state index is 11.5. The normalized spacial score (nSPS) is 12.8. The van der Waals surface area contributed by atoms with Gasteiger partial charge in [0.25, 0.3) is 5.56 Å². The van der Waals surface area contributed by atoms with Gasteiger partial charge in [-0.15, -0.1) is 6.42 Å². The van der Waals surface area contributed by atoms with Crippen LogP contribution in [0.5, 0.6) is 0 Å². The Morgan fingerprint density at radius 3 is 2.45 bits per heavy atom. The van der Waals surface area contributed by atoms with Crippen LogP contribution < -0.4 is 11.2 Å². The Balaban J connectivity index is 0.00000110. The number of rotatable bonds is 5. The van der Waals surface area contributed by atoms with Crippen molar-refractivity contribution in [3.8, 4) is 12.3 Å². The Kier molecular flexibility index (Phi) is 8.98. The molecule has 0 aliphatic carbocycles. The number of aromatic nitrogens is 2. The van der Waals surface area contributed by atoms with E-state index in [1.807, 2.05) is 0 Å². The summed E-state index contributed by atoms with van der Waals surface area (Å²) in [5, 5.41) is 23.2. The Morgan fingerprint density at radius 1 is 1.45 bits per heavy atom. The van der Waals surface area contributed by atoms with Gasteiger partial charge in [0, 0.05) is 25.8 Å². The molecule has 0 bridgehead atoms. The lowest BCUT2D eigenvalue weighted by Gasteiger charge is -2.18. The van der Waals surface area contributed by atoms with Crippen LogP contribution in [0.4, 0.5) is 0 Å².